The summed E-state index contributed by atoms with van der Waals surface area (Å²) in [6.45, 7) is 14.0. The molecule has 0 spiro atoms. The average Bonchev–Trinajstić information content (AvgIpc) is 3.31. The topological polar surface area (TPSA) is 401 Å². The highest BCUT2D eigenvalue weighted by Gasteiger charge is 2.87. The predicted octanol–water partition coefficient (Wildman–Crippen LogP) is 2.68. The lowest BCUT2D eigenvalue weighted by Crippen LogP contribution is -2.66. The Morgan fingerprint density at radius 1 is 0.452 bits per heavy atom. The van der Waals surface area contributed by atoms with Crippen molar-refractivity contribution in [1.82, 2.24) is 0 Å². The van der Waals surface area contributed by atoms with Crippen LogP contribution in [0, 0.1) is 0 Å². The summed E-state index contributed by atoms with van der Waals surface area (Å²) in [5, 5.41) is 8.20. The number of nitrogens with zero attached hydrogens (tertiary/aromatic N) is 1. The van der Waals surface area contributed by atoms with E-state index < -0.39 is 74.4 Å². The van der Waals surface area contributed by atoms with Crippen molar-refractivity contribution < 1.29 is 163 Å². The van der Waals surface area contributed by atoms with E-state index in [9.17, 15) is 120 Å². The number of hydrogen-bond acceptors (Lipinski definition) is 23. The van der Waals surface area contributed by atoms with E-state index in [1.54, 1.807) is 56.1 Å². The van der Waals surface area contributed by atoms with Crippen LogP contribution in [0.4, 0.5) is 48.3 Å². The van der Waals surface area contributed by atoms with Crippen molar-refractivity contribution in [2.45, 2.75) is 110 Å². The lowest BCUT2D eigenvalue weighted by Gasteiger charge is -2.36. The fourth-order valence-corrected chi connectivity index (χ4v) is 6.15. The Morgan fingerprint density at radius 2 is 0.810 bits per heavy atom. The Hall–Kier alpha value is -1.16. The van der Waals surface area contributed by atoms with Crippen LogP contribution in [0.1, 0.15) is 78.7 Å². The van der Waals surface area contributed by atoms with Crippen molar-refractivity contribution in [2.24, 2.45) is 0 Å². The maximum atomic E-state index is 12.4. The fourth-order valence-electron chi connectivity index (χ4n) is 3.64. The summed E-state index contributed by atoms with van der Waals surface area (Å²) < 4.78 is 213. The molecule has 0 aliphatic carbocycles. The molecule has 0 bridgehead atoms. The zero-order valence-electron chi connectivity index (χ0n) is 49.6. The Balaban J connectivity index is -0.000000109. The van der Waals surface area contributed by atoms with Crippen molar-refractivity contribution in [3.8, 4) is 0 Å². The molecule has 1 rings (SSSR count). The van der Waals surface area contributed by atoms with Crippen LogP contribution in [-0.2, 0) is 62.6 Å². The lowest BCUT2D eigenvalue weighted by atomic mass is 10.0. The predicted molar refractivity (Wildman–Crippen MR) is 272 cm³/mol. The van der Waals surface area contributed by atoms with E-state index >= 15 is 0 Å². The first-order valence-electron chi connectivity index (χ1n) is 24.3. The fraction of sp³-hybridized carbons (Fsp3) is 0.864. The number of alkyl halides is 11. The van der Waals surface area contributed by atoms with Gasteiger partial charge in [-0.05, 0) is 44.2 Å². The maximum Gasteiger partial charge on any atom is 0.460 e. The number of halogens is 11. The van der Waals surface area contributed by atoms with Crippen molar-refractivity contribution in [2.75, 3.05) is 141 Å². The maximum absolute atomic E-state index is 12.4. The van der Waals surface area contributed by atoms with Crippen LogP contribution in [0.3, 0.4) is 0 Å². The van der Waals surface area contributed by atoms with E-state index in [1.807, 2.05) is 30.3 Å². The first-order chi connectivity index (χ1) is 37.7. The Morgan fingerprint density at radius 3 is 0.988 bits per heavy atom. The van der Waals surface area contributed by atoms with E-state index in [-0.39, 0.29) is 38.4 Å². The van der Waals surface area contributed by atoms with Gasteiger partial charge >= 0.3 is 30.1 Å². The molecule has 0 saturated carbocycles. The molecule has 1 aromatic rings. The minimum absolute atomic E-state index is 0.0870. The van der Waals surface area contributed by atoms with Gasteiger partial charge in [-0.1, -0.05) is 127 Å². The molecule has 0 aliphatic rings. The molecule has 0 aromatic heterocycles. The van der Waals surface area contributed by atoms with Gasteiger partial charge in [0.15, 0.2) is 0 Å². The van der Waals surface area contributed by atoms with Gasteiger partial charge in [0.05, 0.1) is 67.1 Å². The van der Waals surface area contributed by atoms with Gasteiger partial charge in [-0.25, -0.2) is 0 Å². The zero-order chi connectivity index (χ0) is 69.0. The van der Waals surface area contributed by atoms with Gasteiger partial charge in [-0.15, -0.1) is 0 Å². The zero-order valence-corrected chi connectivity index (χ0v) is 54.1. The first-order valence-corrected chi connectivity index (χ1v) is 33.0. The number of likely N-dealkylation sites (N-methyl/N-ethyl adjacent to an activating group) is 1. The van der Waals surface area contributed by atoms with Crippen molar-refractivity contribution >= 4 is 38.0 Å². The van der Waals surface area contributed by atoms with Crippen molar-refractivity contribution in [3.63, 3.8) is 0 Å². The summed E-state index contributed by atoms with van der Waals surface area (Å²) in [6, 6.07) is 10.1. The van der Waals surface area contributed by atoms with Gasteiger partial charge < -0.3 is 115 Å². The molecule has 0 unspecified atom stereocenters. The molecule has 516 valence electrons. The third-order valence-electron chi connectivity index (χ3n) is 7.53. The molecule has 0 amide bonds. The van der Waals surface area contributed by atoms with Gasteiger partial charge in [0.2, 0.25) is 0 Å². The van der Waals surface area contributed by atoms with E-state index in [2.05, 4.69) is 42.3 Å². The summed E-state index contributed by atoms with van der Waals surface area (Å²) >= 11 is 0. The number of ether oxygens (including phenoxy) is 7. The van der Waals surface area contributed by atoms with Gasteiger partial charge in [0.1, 0.15) is 6.54 Å². The monoisotopic (exact) mass is 1360 g/mol. The van der Waals surface area contributed by atoms with Gasteiger partial charge in [0.25, 0.3) is 0 Å². The summed E-state index contributed by atoms with van der Waals surface area (Å²) in [7, 11) is -6.93. The lowest BCUT2D eigenvalue weighted by molar-refractivity contribution is -0.870. The second kappa shape index (κ2) is 54.7. The van der Waals surface area contributed by atoms with Crippen LogP contribution in [0.2, 0.25) is 0 Å². The molecular formula is C44H86F11NO23P5-9. The Labute approximate surface area is 486 Å². The molecule has 24 nitrogen and oxygen atoms in total. The van der Waals surface area contributed by atoms with Crippen LogP contribution in [-0.4, -0.2) is 181 Å². The van der Waals surface area contributed by atoms with Crippen molar-refractivity contribution in [3.05, 3.63) is 35.9 Å². The van der Waals surface area contributed by atoms with Crippen molar-refractivity contribution in [1.29, 1.82) is 0 Å². The molecule has 0 fully saturated rings. The number of rotatable bonds is 27. The second-order valence-electron chi connectivity index (χ2n) is 16.9. The molecule has 1 N–H and O–H groups in total. The largest absolute Gasteiger partial charge is 0.811 e. The molecule has 0 saturated heterocycles. The van der Waals surface area contributed by atoms with Crippen LogP contribution >= 0.6 is 38.0 Å². The molecule has 40 heteroatoms. The van der Waals surface area contributed by atoms with E-state index in [1.165, 1.54) is 18.4 Å². The van der Waals surface area contributed by atoms with E-state index in [0.717, 1.165) is 31.4 Å². The minimum atomic E-state index is -7.41. The van der Waals surface area contributed by atoms with Crippen LogP contribution in [0.15, 0.2) is 30.3 Å². The van der Waals surface area contributed by atoms with Gasteiger partial charge in [0, 0.05) is 49.3 Å². The highest BCUT2D eigenvalue weighted by molar-refractivity contribution is 7.49. The summed E-state index contributed by atoms with van der Waals surface area (Å²) in [4.78, 5) is 96.8. The molecule has 1 aromatic carbocycles. The summed E-state index contributed by atoms with van der Waals surface area (Å²) in [5.41, 5.74) is 1.22. The Bertz CT molecular complexity index is 1710. The average molecular weight is 1360 g/mol. The van der Waals surface area contributed by atoms with Crippen LogP contribution in [0.5, 0.6) is 0 Å². The minimum Gasteiger partial charge on any atom is -0.811 e. The highest BCUT2D eigenvalue weighted by atomic mass is 31.2. The molecule has 84 heavy (non-hydrogen) atoms. The third kappa shape index (κ3) is 76.9. The first kappa shape index (κ1) is 102. The third-order valence-corrected chi connectivity index (χ3v) is 12.1. The number of quaternary nitrogens is 1. The van der Waals surface area contributed by atoms with Crippen LogP contribution in [0.25, 0.3) is 0 Å². The highest BCUT2D eigenvalue weighted by Crippen LogP contribution is 2.57. The Kier molecular flexibility index (Phi) is 66.3. The SMILES string of the molecule is CCCCOC.CCCP(=O)([O-])[O-].CCCP(=O)([O-])[O-].CCCP(=O)([O-])[O-].CCCP(=O)([O-])[O-].COC(F)(F)C(F)(F)C(F)(F)C(F)(F)C(F)(F)F.COCCOCCO.COCC[N+](C)(C)C.COCP(=O)([O-])[O-].COCc1ccccc1. The quantitative estimate of drug-likeness (QED) is 0.0572. The molecule has 0 radical (unpaired) electrons. The standard InChI is InChI=1S/C8H10O.C6H3F11O.C6H16NO.C5H12O3.C5H12O.4C3H9O3P.C2H7O4P/c1-9-7-8-5-3-2-4-6-8;1-18-6(16,17)4(11,12)2(7,8)3(9,10)5(13,14)15;1-7(2,3)5-6-8-4;1-7-4-5-8-3-2-6;1-3-4-5-6-2;4*1-2-3-7(4,5)6;1-6-2-7(3,4)5/h2-6H,7H2,1H3;1H3;5-6H2,1-4H3;6H,2-5H2,1H3;3-5H2,1-2H3;4*2-3H2,1H3,(H2,4,5,6);2H2,1H3,(H2,3,4,5)/q;;+1;;;;;;;/p-10. The second-order valence-corrected chi connectivity index (χ2v) is 25.1. The number of aliphatic hydroxyl groups excluding tert-OH is 1. The molecule has 0 atom stereocenters. The smallest absolute Gasteiger partial charge is 0.460 e. The number of hydrogen-bond donors (Lipinski definition) is 1. The number of aliphatic hydroxyl groups is 1. The molecular weight excluding hydrogens is 1270 g/mol. The normalized spacial score (nSPS) is 12.1. The van der Waals surface area contributed by atoms with Gasteiger partial charge in [-0.2, -0.15) is 48.3 Å². The van der Waals surface area contributed by atoms with E-state index in [0.29, 0.717) is 52.1 Å². The molecule has 0 aliphatic heterocycles. The summed E-state index contributed by atoms with van der Waals surface area (Å²) in [6.07, 6.45) is -10.8. The number of benzene rings is 1. The summed E-state index contributed by atoms with van der Waals surface area (Å²) in [5.74, 6) is -21.9. The molecule has 0 heterocycles. The van der Waals surface area contributed by atoms with Crippen LogP contribution < -0.4 is 48.9 Å². The van der Waals surface area contributed by atoms with E-state index in [4.69, 9.17) is 24.1 Å². The number of unbranched alkanes of at least 4 members (excludes halogenated alkanes) is 1. The number of methoxy groups -OCH3 is 6. The van der Waals surface area contributed by atoms with Gasteiger partial charge in [-0.3, -0.25) is 0 Å².